The second-order valence-electron chi connectivity index (χ2n) is 4.48. The number of amidine groups is 1. The lowest BCUT2D eigenvalue weighted by molar-refractivity contribution is -0.0585. The van der Waals surface area contributed by atoms with Crippen molar-refractivity contribution in [2.45, 2.75) is 16.0 Å². The van der Waals surface area contributed by atoms with Crippen LogP contribution in [0.4, 0.5) is 18.9 Å². The summed E-state index contributed by atoms with van der Waals surface area (Å²) in [5, 5.41) is 1.84. The highest BCUT2D eigenvalue weighted by Crippen LogP contribution is 2.33. The Kier molecular flexibility index (Phi) is 3.74. The van der Waals surface area contributed by atoms with Crippen molar-refractivity contribution in [3.63, 3.8) is 0 Å². The third-order valence-electron chi connectivity index (χ3n) is 2.74. The maximum atomic E-state index is 12.6. The Bertz CT molecular complexity index is 858. The molecule has 0 atom stereocenters. The van der Waals surface area contributed by atoms with Crippen LogP contribution in [0.15, 0.2) is 32.4 Å². The van der Waals surface area contributed by atoms with Crippen molar-refractivity contribution in [2.75, 3.05) is 19.4 Å². The summed E-state index contributed by atoms with van der Waals surface area (Å²) in [5.74, 6) is -1.68. The molecule has 0 amide bonds. The molecule has 122 valence electrons. The smallest absolute Gasteiger partial charge is 0.334 e. The third-order valence-corrected chi connectivity index (χ3v) is 5.87. The quantitative estimate of drug-likeness (QED) is 0.852. The zero-order valence-electron chi connectivity index (χ0n) is 11.2. The zero-order valence-corrected chi connectivity index (χ0v) is 12.8. The SMILES string of the molecule is CN(C)S(=O)(=O)c1ccc2c(c1)S(=O)(=O)N=C(C(F)(F)F)N2. The Balaban J connectivity index is 2.63. The Labute approximate surface area is 124 Å². The summed E-state index contributed by atoms with van der Waals surface area (Å²) in [6.45, 7) is 0. The highest BCUT2D eigenvalue weighted by Gasteiger charge is 2.41. The fourth-order valence-corrected chi connectivity index (χ4v) is 3.80. The van der Waals surface area contributed by atoms with Gasteiger partial charge in [-0.1, -0.05) is 0 Å². The molecule has 0 saturated carbocycles. The van der Waals surface area contributed by atoms with E-state index in [9.17, 15) is 30.0 Å². The number of benzene rings is 1. The first-order valence-electron chi connectivity index (χ1n) is 5.61. The predicted octanol–water partition coefficient (Wildman–Crippen LogP) is 1.01. The van der Waals surface area contributed by atoms with Crippen LogP contribution in [-0.4, -0.2) is 47.2 Å². The first-order valence-corrected chi connectivity index (χ1v) is 8.49. The van der Waals surface area contributed by atoms with Crippen LogP contribution in [0, 0.1) is 0 Å². The molecule has 22 heavy (non-hydrogen) atoms. The van der Waals surface area contributed by atoms with Crippen LogP contribution in [0.3, 0.4) is 0 Å². The highest BCUT2D eigenvalue weighted by molar-refractivity contribution is 7.91. The van der Waals surface area contributed by atoms with Crippen molar-refractivity contribution < 1.29 is 30.0 Å². The number of nitrogens with zero attached hydrogens (tertiary/aromatic N) is 2. The lowest BCUT2D eigenvalue weighted by Gasteiger charge is -2.20. The van der Waals surface area contributed by atoms with Gasteiger partial charge in [-0.15, -0.1) is 4.40 Å². The van der Waals surface area contributed by atoms with E-state index in [-0.39, 0.29) is 10.6 Å². The van der Waals surface area contributed by atoms with Gasteiger partial charge < -0.3 is 5.32 Å². The molecule has 0 spiro atoms. The van der Waals surface area contributed by atoms with Gasteiger partial charge in [-0.25, -0.2) is 12.7 Å². The monoisotopic (exact) mass is 357 g/mol. The first-order chi connectivity index (χ1) is 9.85. The molecular weight excluding hydrogens is 347 g/mol. The molecule has 0 radical (unpaired) electrons. The number of anilines is 1. The van der Waals surface area contributed by atoms with Crippen molar-refractivity contribution in [3.05, 3.63) is 18.2 Å². The van der Waals surface area contributed by atoms with Gasteiger partial charge in [-0.3, -0.25) is 0 Å². The summed E-state index contributed by atoms with van der Waals surface area (Å²) in [7, 11) is -6.12. The Morgan fingerprint density at radius 1 is 1.23 bits per heavy atom. The predicted molar refractivity (Wildman–Crippen MR) is 71.6 cm³/mol. The van der Waals surface area contributed by atoms with Gasteiger partial charge in [-0.05, 0) is 18.2 Å². The van der Waals surface area contributed by atoms with Crippen LogP contribution >= 0.6 is 0 Å². The fraction of sp³-hybridized carbons (Fsp3) is 0.300. The Hall–Kier alpha value is -1.66. The standard InChI is InChI=1S/C10H10F3N3O4S2/c1-16(2)22(19,20)6-3-4-7-8(5-6)21(17,18)15-9(14-7)10(11,12)13/h3-5H,1-2H3,(H,14,15). The fourth-order valence-electron chi connectivity index (χ4n) is 1.63. The van der Waals surface area contributed by atoms with E-state index in [2.05, 4.69) is 4.40 Å². The molecule has 2 rings (SSSR count). The maximum absolute atomic E-state index is 12.6. The second-order valence-corrected chi connectivity index (χ2v) is 8.21. The molecule has 1 aromatic carbocycles. The number of alkyl halides is 3. The molecule has 1 aliphatic heterocycles. The van der Waals surface area contributed by atoms with Crippen LogP contribution in [0.5, 0.6) is 0 Å². The molecule has 1 aliphatic rings. The summed E-state index contributed by atoms with van der Waals surface area (Å²) in [6.07, 6.45) is -4.97. The van der Waals surface area contributed by atoms with Gasteiger partial charge in [0, 0.05) is 14.1 Å². The summed E-state index contributed by atoms with van der Waals surface area (Å²) < 4.78 is 88.8. The molecule has 1 heterocycles. The summed E-state index contributed by atoms with van der Waals surface area (Å²) in [5.41, 5.74) is -0.389. The number of rotatable bonds is 2. The van der Waals surface area contributed by atoms with Crippen molar-refractivity contribution in [1.82, 2.24) is 4.31 Å². The van der Waals surface area contributed by atoms with Gasteiger partial charge in [0.2, 0.25) is 15.9 Å². The van der Waals surface area contributed by atoms with Crippen molar-refractivity contribution >= 4 is 31.6 Å². The molecule has 0 aromatic heterocycles. The largest absolute Gasteiger partial charge is 0.450 e. The van der Waals surface area contributed by atoms with Crippen LogP contribution < -0.4 is 5.32 Å². The summed E-state index contributed by atoms with van der Waals surface area (Å²) in [6, 6.07) is 2.73. The Morgan fingerprint density at radius 3 is 2.32 bits per heavy atom. The van der Waals surface area contributed by atoms with Gasteiger partial charge in [0.15, 0.2) is 0 Å². The number of sulfonamides is 2. The van der Waals surface area contributed by atoms with E-state index in [0.717, 1.165) is 22.5 Å². The topological polar surface area (TPSA) is 95.9 Å². The molecule has 0 aliphatic carbocycles. The molecule has 0 saturated heterocycles. The molecule has 0 bridgehead atoms. The normalized spacial score (nSPS) is 17.6. The number of hydrogen-bond donors (Lipinski definition) is 1. The van der Waals surface area contributed by atoms with Crippen LogP contribution in [0.1, 0.15) is 0 Å². The molecule has 0 unspecified atom stereocenters. The van der Waals surface area contributed by atoms with E-state index in [4.69, 9.17) is 0 Å². The summed E-state index contributed by atoms with van der Waals surface area (Å²) in [4.78, 5) is -1.00. The molecule has 12 heteroatoms. The maximum Gasteiger partial charge on any atom is 0.450 e. The Morgan fingerprint density at radius 2 is 1.82 bits per heavy atom. The number of hydrogen-bond acceptors (Lipinski definition) is 5. The molecule has 1 N–H and O–H groups in total. The van der Waals surface area contributed by atoms with Crippen molar-refractivity contribution in [1.29, 1.82) is 0 Å². The minimum Gasteiger partial charge on any atom is -0.334 e. The highest BCUT2D eigenvalue weighted by atomic mass is 32.2. The molecule has 7 nitrogen and oxygen atoms in total. The van der Waals surface area contributed by atoms with Crippen molar-refractivity contribution in [3.8, 4) is 0 Å². The lowest BCUT2D eigenvalue weighted by Crippen LogP contribution is -2.34. The third kappa shape index (κ3) is 2.80. The van der Waals surface area contributed by atoms with Gasteiger partial charge in [0.05, 0.1) is 10.6 Å². The van der Waals surface area contributed by atoms with Gasteiger partial charge in [0.1, 0.15) is 4.90 Å². The number of fused-ring (bicyclic) bond motifs is 1. The average molecular weight is 357 g/mol. The van der Waals surface area contributed by atoms with Crippen LogP contribution in [0.2, 0.25) is 0 Å². The van der Waals surface area contributed by atoms with Crippen molar-refractivity contribution in [2.24, 2.45) is 4.40 Å². The first kappa shape index (κ1) is 16.7. The number of nitrogens with one attached hydrogen (secondary N) is 1. The van der Waals surface area contributed by atoms with E-state index in [0.29, 0.717) is 0 Å². The zero-order chi connectivity index (χ0) is 16.9. The van der Waals surface area contributed by atoms with Crippen LogP contribution in [-0.2, 0) is 20.0 Å². The van der Waals surface area contributed by atoms with Gasteiger partial charge in [-0.2, -0.15) is 21.6 Å². The van der Waals surface area contributed by atoms with E-state index in [1.807, 2.05) is 5.32 Å². The lowest BCUT2D eigenvalue weighted by atomic mass is 10.3. The molecule has 0 fully saturated rings. The van der Waals surface area contributed by atoms with Gasteiger partial charge >= 0.3 is 6.18 Å². The molecule has 1 aromatic rings. The molecular formula is C10H10F3N3O4S2. The minimum atomic E-state index is -4.97. The number of halogens is 3. The minimum absolute atomic E-state index is 0.368. The van der Waals surface area contributed by atoms with E-state index < -0.39 is 37.0 Å². The van der Waals surface area contributed by atoms with E-state index in [1.165, 1.54) is 14.1 Å². The van der Waals surface area contributed by atoms with Gasteiger partial charge in [0.25, 0.3) is 10.0 Å². The van der Waals surface area contributed by atoms with E-state index >= 15 is 0 Å². The second kappa shape index (κ2) is 4.93. The van der Waals surface area contributed by atoms with E-state index in [1.54, 1.807) is 0 Å². The average Bonchev–Trinajstić information content (AvgIpc) is 2.36. The summed E-state index contributed by atoms with van der Waals surface area (Å²) >= 11 is 0. The van der Waals surface area contributed by atoms with Crippen LogP contribution in [0.25, 0.3) is 0 Å².